The Hall–Kier alpha value is -3.22. The van der Waals surface area contributed by atoms with E-state index in [9.17, 15) is 9.18 Å². The molecule has 6 nitrogen and oxygen atoms in total. The van der Waals surface area contributed by atoms with E-state index in [-0.39, 0.29) is 5.82 Å². The van der Waals surface area contributed by atoms with Crippen molar-refractivity contribution in [3.63, 3.8) is 0 Å². The van der Waals surface area contributed by atoms with E-state index in [1.807, 2.05) is 20.8 Å². The molecule has 7 heteroatoms. The molecule has 2 aromatic heterocycles. The summed E-state index contributed by atoms with van der Waals surface area (Å²) in [4.78, 5) is 14.7. The minimum atomic E-state index is -0.357. The molecule has 0 spiro atoms. The SMILES string of the molecule is Cc1cc(Cc2cnc(-c3cnn(C)c3)c(F)c2)c(C)c(C)c1OCCNC=O. The molecule has 152 valence electrons. The van der Waals surface area contributed by atoms with Gasteiger partial charge in [0.15, 0.2) is 0 Å². The van der Waals surface area contributed by atoms with Gasteiger partial charge in [0.25, 0.3) is 0 Å². The van der Waals surface area contributed by atoms with Gasteiger partial charge < -0.3 is 10.1 Å². The number of aromatic nitrogens is 3. The van der Waals surface area contributed by atoms with Crippen LogP contribution in [-0.2, 0) is 18.3 Å². The van der Waals surface area contributed by atoms with Crippen LogP contribution in [0.15, 0.2) is 30.7 Å². The van der Waals surface area contributed by atoms with Crippen LogP contribution in [0.3, 0.4) is 0 Å². The number of carbonyl (C=O) groups is 1. The summed E-state index contributed by atoms with van der Waals surface area (Å²) in [5.74, 6) is 0.472. The Labute approximate surface area is 169 Å². The zero-order chi connectivity index (χ0) is 21.0. The van der Waals surface area contributed by atoms with E-state index in [0.717, 1.165) is 33.6 Å². The second kappa shape index (κ2) is 8.86. The molecule has 0 saturated carbocycles. The molecule has 3 aromatic rings. The van der Waals surface area contributed by atoms with E-state index >= 15 is 0 Å². The van der Waals surface area contributed by atoms with Crippen LogP contribution in [0, 0.1) is 26.6 Å². The number of nitrogens with one attached hydrogen (secondary N) is 1. The number of halogens is 1. The smallest absolute Gasteiger partial charge is 0.207 e. The molecular weight excluding hydrogens is 371 g/mol. The lowest BCUT2D eigenvalue weighted by atomic mass is 9.94. The predicted octanol–water partition coefficient (Wildman–Crippen LogP) is 3.26. The topological polar surface area (TPSA) is 69.0 Å². The summed E-state index contributed by atoms with van der Waals surface area (Å²) in [6.45, 7) is 6.90. The molecule has 1 aromatic carbocycles. The average Bonchev–Trinajstić information content (AvgIpc) is 3.11. The van der Waals surface area contributed by atoms with Gasteiger partial charge in [-0.05, 0) is 61.1 Å². The van der Waals surface area contributed by atoms with E-state index in [0.29, 0.717) is 37.2 Å². The second-order valence-corrected chi connectivity index (χ2v) is 7.11. The van der Waals surface area contributed by atoms with Crippen molar-refractivity contribution in [3.8, 4) is 17.0 Å². The quantitative estimate of drug-likeness (QED) is 0.469. The van der Waals surface area contributed by atoms with Crippen molar-refractivity contribution in [1.82, 2.24) is 20.1 Å². The highest BCUT2D eigenvalue weighted by Gasteiger charge is 2.14. The van der Waals surface area contributed by atoms with Gasteiger partial charge >= 0.3 is 0 Å². The Morgan fingerprint density at radius 3 is 2.66 bits per heavy atom. The maximum atomic E-state index is 14.6. The molecule has 3 rings (SSSR count). The zero-order valence-corrected chi connectivity index (χ0v) is 17.1. The largest absolute Gasteiger partial charge is 0.491 e. The molecule has 0 fully saturated rings. The first-order valence-electron chi connectivity index (χ1n) is 9.43. The lowest BCUT2D eigenvalue weighted by molar-refractivity contribution is -0.109. The fourth-order valence-corrected chi connectivity index (χ4v) is 3.37. The Morgan fingerprint density at radius 1 is 1.21 bits per heavy atom. The van der Waals surface area contributed by atoms with Crippen LogP contribution in [-0.4, -0.2) is 34.3 Å². The highest BCUT2D eigenvalue weighted by atomic mass is 19.1. The molecule has 0 aliphatic carbocycles. The molecule has 2 heterocycles. The van der Waals surface area contributed by atoms with Gasteiger partial charge in [-0.3, -0.25) is 14.5 Å². The third-order valence-electron chi connectivity index (χ3n) is 4.98. The molecule has 0 unspecified atom stereocenters. The molecule has 0 atom stereocenters. The predicted molar refractivity (Wildman–Crippen MR) is 109 cm³/mol. The second-order valence-electron chi connectivity index (χ2n) is 7.11. The third-order valence-corrected chi connectivity index (χ3v) is 4.98. The van der Waals surface area contributed by atoms with Crippen LogP contribution in [0.25, 0.3) is 11.3 Å². The van der Waals surface area contributed by atoms with Crippen LogP contribution < -0.4 is 10.1 Å². The monoisotopic (exact) mass is 396 g/mol. The first kappa shape index (κ1) is 20.5. The number of ether oxygens (including phenoxy) is 1. The molecular formula is C22H25FN4O2. The van der Waals surface area contributed by atoms with Gasteiger partial charge in [-0.25, -0.2) is 4.39 Å². The van der Waals surface area contributed by atoms with Gasteiger partial charge in [-0.1, -0.05) is 6.07 Å². The number of rotatable bonds is 8. The number of pyridine rings is 1. The zero-order valence-electron chi connectivity index (χ0n) is 17.1. The van der Waals surface area contributed by atoms with Crippen LogP contribution >= 0.6 is 0 Å². The van der Waals surface area contributed by atoms with Crippen molar-refractivity contribution in [2.75, 3.05) is 13.2 Å². The molecule has 0 aliphatic heterocycles. The summed E-state index contributed by atoms with van der Waals surface area (Å²) in [6, 6.07) is 3.60. The number of aryl methyl sites for hydroxylation is 2. The lowest BCUT2D eigenvalue weighted by Crippen LogP contribution is -2.19. The fraction of sp³-hybridized carbons (Fsp3) is 0.318. The average molecular weight is 396 g/mol. The molecule has 0 aliphatic rings. The van der Waals surface area contributed by atoms with Gasteiger partial charge in [0.2, 0.25) is 6.41 Å². The summed E-state index contributed by atoms with van der Waals surface area (Å²) >= 11 is 0. The molecule has 29 heavy (non-hydrogen) atoms. The van der Waals surface area contributed by atoms with E-state index in [1.165, 1.54) is 6.07 Å². The Morgan fingerprint density at radius 2 is 2.00 bits per heavy atom. The van der Waals surface area contributed by atoms with Crippen LogP contribution in [0.5, 0.6) is 5.75 Å². The van der Waals surface area contributed by atoms with Crippen molar-refractivity contribution >= 4 is 6.41 Å². The Kier molecular flexibility index (Phi) is 6.26. The van der Waals surface area contributed by atoms with Gasteiger partial charge in [-0.2, -0.15) is 5.10 Å². The number of carbonyl (C=O) groups excluding carboxylic acids is 1. The summed E-state index contributed by atoms with van der Waals surface area (Å²) in [5.41, 5.74) is 6.03. The van der Waals surface area contributed by atoms with Crippen molar-refractivity contribution < 1.29 is 13.9 Å². The number of hydrogen-bond acceptors (Lipinski definition) is 4. The van der Waals surface area contributed by atoms with Crippen LogP contribution in [0.4, 0.5) is 4.39 Å². The fourth-order valence-electron chi connectivity index (χ4n) is 3.37. The van der Waals surface area contributed by atoms with Crippen molar-refractivity contribution in [1.29, 1.82) is 0 Å². The highest BCUT2D eigenvalue weighted by Crippen LogP contribution is 2.30. The molecule has 0 bridgehead atoms. The molecule has 0 radical (unpaired) electrons. The standard InChI is InChI=1S/C22H25FN4O2/c1-14-7-18(15(2)16(3)22(14)29-6-5-24-13-28)8-17-9-20(23)21(25-10-17)19-11-26-27(4)12-19/h7,9-13H,5-6,8H2,1-4H3,(H,24,28). The summed E-state index contributed by atoms with van der Waals surface area (Å²) in [7, 11) is 1.79. The van der Waals surface area contributed by atoms with Gasteiger partial charge in [0, 0.05) is 25.0 Å². The Balaban J connectivity index is 1.81. The van der Waals surface area contributed by atoms with E-state index in [2.05, 4.69) is 21.5 Å². The first-order chi connectivity index (χ1) is 13.9. The van der Waals surface area contributed by atoms with Crippen molar-refractivity contribution in [2.24, 2.45) is 7.05 Å². The molecule has 1 N–H and O–H groups in total. The van der Waals surface area contributed by atoms with Crippen molar-refractivity contribution in [2.45, 2.75) is 27.2 Å². The minimum Gasteiger partial charge on any atom is -0.491 e. The van der Waals surface area contributed by atoms with Gasteiger partial charge in [-0.15, -0.1) is 0 Å². The lowest BCUT2D eigenvalue weighted by Gasteiger charge is -2.17. The van der Waals surface area contributed by atoms with Gasteiger partial charge in [0.1, 0.15) is 23.9 Å². The number of nitrogens with zero attached hydrogens (tertiary/aromatic N) is 3. The van der Waals surface area contributed by atoms with Crippen LogP contribution in [0.2, 0.25) is 0 Å². The normalized spacial score (nSPS) is 10.8. The van der Waals surface area contributed by atoms with E-state index in [4.69, 9.17) is 4.74 Å². The first-order valence-corrected chi connectivity index (χ1v) is 9.43. The van der Waals surface area contributed by atoms with Crippen LogP contribution in [0.1, 0.15) is 27.8 Å². The number of benzene rings is 1. The molecule has 1 amide bonds. The summed E-state index contributed by atoms with van der Waals surface area (Å²) in [6.07, 6.45) is 6.30. The number of amides is 1. The maximum absolute atomic E-state index is 14.6. The van der Waals surface area contributed by atoms with E-state index in [1.54, 1.807) is 30.3 Å². The highest BCUT2D eigenvalue weighted by molar-refractivity contribution is 5.58. The van der Waals surface area contributed by atoms with Crippen molar-refractivity contribution in [3.05, 3.63) is 64.4 Å². The van der Waals surface area contributed by atoms with Gasteiger partial charge in [0.05, 0.1) is 12.7 Å². The maximum Gasteiger partial charge on any atom is 0.207 e. The molecule has 0 saturated heterocycles. The number of hydrogen-bond donors (Lipinski definition) is 1. The summed E-state index contributed by atoms with van der Waals surface area (Å²) < 4.78 is 22.1. The Bertz CT molecular complexity index is 1030. The summed E-state index contributed by atoms with van der Waals surface area (Å²) in [5, 5.41) is 6.66. The third kappa shape index (κ3) is 4.62. The minimum absolute atomic E-state index is 0.304. The van der Waals surface area contributed by atoms with E-state index < -0.39 is 0 Å².